The predicted octanol–water partition coefficient (Wildman–Crippen LogP) is 2.12. The van der Waals surface area contributed by atoms with Crippen LogP contribution in [0.25, 0.3) is 0 Å². The summed E-state index contributed by atoms with van der Waals surface area (Å²) in [5, 5.41) is 0. The molecular weight excluding hydrogens is 134 g/mol. The molecule has 3 fully saturated rings. The van der Waals surface area contributed by atoms with Crippen LogP contribution in [0.15, 0.2) is 4.99 Å². The number of rotatable bonds is 0. The molecule has 0 aromatic heterocycles. The first-order chi connectivity index (χ1) is 5.45. The second-order valence-corrected chi connectivity index (χ2v) is 4.43. The number of fused-ring (bicyclic) bond motifs is 2. The molecule has 1 nitrogen and oxygen atoms in total. The maximum atomic E-state index is 4.44. The van der Waals surface area contributed by atoms with Crippen molar-refractivity contribution in [3.63, 3.8) is 0 Å². The predicted molar refractivity (Wildman–Crippen MR) is 45.8 cm³/mol. The highest BCUT2D eigenvalue weighted by atomic mass is 14.8. The van der Waals surface area contributed by atoms with Crippen molar-refractivity contribution in [2.24, 2.45) is 28.7 Å². The lowest BCUT2D eigenvalue weighted by molar-refractivity contribution is 0.0781. The van der Waals surface area contributed by atoms with E-state index in [4.69, 9.17) is 0 Å². The number of hydrogen-bond acceptors (Lipinski definition) is 1. The maximum absolute atomic E-state index is 4.44. The molecule has 4 rings (SSSR count). The van der Waals surface area contributed by atoms with Gasteiger partial charge in [-0.25, -0.2) is 0 Å². The van der Waals surface area contributed by atoms with Gasteiger partial charge < -0.3 is 0 Å². The van der Waals surface area contributed by atoms with E-state index in [1.54, 1.807) is 0 Å². The van der Waals surface area contributed by atoms with Crippen LogP contribution in [-0.4, -0.2) is 12.8 Å². The van der Waals surface area contributed by atoms with E-state index in [-0.39, 0.29) is 0 Å². The summed E-state index contributed by atoms with van der Waals surface area (Å²) in [6, 6.07) is 0. The molecule has 1 heterocycles. The average molecular weight is 149 g/mol. The van der Waals surface area contributed by atoms with Gasteiger partial charge in [0.25, 0.3) is 0 Å². The summed E-state index contributed by atoms with van der Waals surface area (Å²) in [4.78, 5) is 4.44. The smallest absolute Gasteiger partial charge is 0.0422 e. The van der Waals surface area contributed by atoms with Crippen molar-refractivity contribution in [3.05, 3.63) is 0 Å². The van der Waals surface area contributed by atoms with Gasteiger partial charge in [-0.2, -0.15) is 0 Å². The summed E-state index contributed by atoms with van der Waals surface area (Å²) in [5.41, 5.74) is 0. The van der Waals surface area contributed by atoms with Crippen LogP contribution in [-0.2, 0) is 0 Å². The zero-order valence-corrected chi connectivity index (χ0v) is 6.87. The normalized spacial score (nSPS) is 53.1. The minimum atomic E-state index is 0.905. The topological polar surface area (TPSA) is 12.4 Å². The van der Waals surface area contributed by atoms with E-state index in [9.17, 15) is 0 Å². The first kappa shape index (κ1) is 6.22. The molecular formula is C10H15N. The van der Waals surface area contributed by atoms with Crippen LogP contribution in [0.2, 0.25) is 0 Å². The average Bonchev–Trinajstić information content (AvgIpc) is 2.55. The Bertz CT molecular complexity index is 189. The van der Waals surface area contributed by atoms with Crippen LogP contribution in [0, 0.1) is 23.7 Å². The molecule has 0 radical (unpaired) electrons. The Balaban J connectivity index is 1.93. The van der Waals surface area contributed by atoms with Gasteiger partial charge in [0.05, 0.1) is 0 Å². The molecule has 11 heavy (non-hydrogen) atoms. The van der Waals surface area contributed by atoms with Gasteiger partial charge in [0.2, 0.25) is 0 Å². The Morgan fingerprint density at radius 3 is 2.45 bits per heavy atom. The van der Waals surface area contributed by atoms with Crippen LogP contribution >= 0.6 is 0 Å². The largest absolute Gasteiger partial charge is 0.297 e. The van der Waals surface area contributed by atoms with Crippen LogP contribution in [0.5, 0.6) is 0 Å². The van der Waals surface area contributed by atoms with E-state index in [2.05, 4.69) is 11.2 Å². The highest BCUT2D eigenvalue weighted by molar-refractivity contribution is 5.64. The van der Waals surface area contributed by atoms with E-state index in [0.717, 1.165) is 30.2 Å². The lowest BCUT2D eigenvalue weighted by atomic mass is 9.60. The molecule has 2 atom stereocenters. The minimum Gasteiger partial charge on any atom is -0.297 e. The van der Waals surface area contributed by atoms with Gasteiger partial charge >= 0.3 is 0 Å². The third-order valence-corrected chi connectivity index (χ3v) is 4.05. The molecule has 1 heteroatoms. The highest BCUT2D eigenvalue weighted by Gasteiger charge is 2.44. The quantitative estimate of drug-likeness (QED) is 0.500. The Morgan fingerprint density at radius 2 is 1.73 bits per heavy atom. The van der Waals surface area contributed by atoms with Crippen molar-refractivity contribution in [3.8, 4) is 0 Å². The van der Waals surface area contributed by atoms with Gasteiger partial charge in [-0.3, -0.25) is 4.99 Å². The molecule has 0 N–H and O–H groups in total. The lowest BCUT2D eigenvalue weighted by Gasteiger charge is -2.44. The Hall–Kier alpha value is -0.330. The van der Waals surface area contributed by atoms with Crippen molar-refractivity contribution in [1.29, 1.82) is 0 Å². The second-order valence-electron chi connectivity index (χ2n) is 4.43. The Kier molecular flexibility index (Phi) is 1.18. The van der Waals surface area contributed by atoms with Crippen molar-refractivity contribution in [2.45, 2.75) is 25.7 Å². The lowest BCUT2D eigenvalue weighted by Crippen LogP contribution is -2.39. The molecule has 3 saturated carbocycles. The van der Waals surface area contributed by atoms with Gasteiger partial charge in [-0.05, 0) is 43.4 Å². The third-order valence-electron chi connectivity index (χ3n) is 4.05. The van der Waals surface area contributed by atoms with Crippen molar-refractivity contribution in [2.75, 3.05) is 6.54 Å². The van der Waals surface area contributed by atoms with Crippen LogP contribution < -0.4 is 0 Å². The first-order valence-electron chi connectivity index (χ1n) is 4.95. The molecule has 0 aromatic rings. The Morgan fingerprint density at radius 1 is 1.00 bits per heavy atom. The van der Waals surface area contributed by atoms with E-state index in [0.29, 0.717) is 0 Å². The molecule has 2 unspecified atom stereocenters. The number of hydrogen-bond donors (Lipinski definition) is 0. The molecule has 1 aliphatic heterocycles. The first-order valence-corrected chi connectivity index (χ1v) is 4.95. The van der Waals surface area contributed by atoms with Gasteiger partial charge in [-0.15, -0.1) is 0 Å². The fraction of sp³-hybridized carbons (Fsp3) is 0.900. The molecule has 0 aromatic carbocycles. The van der Waals surface area contributed by atoms with Crippen molar-refractivity contribution < 1.29 is 0 Å². The summed E-state index contributed by atoms with van der Waals surface area (Å²) in [7, 11) is 0. The van der Waals surface area contributed by atoms with E-state index in [1.165, 1.54) is 25.7 Å². The van der Waals surface area contributed by atoms with Gasteiger partial charge in [0.1, 0.15) is 0 Å². The van der Waals surface area contributed by atoms with Crippen molar-refractivity contribution in [1.82, 2.24) is 0 Å². The molecule has 4 aliphatic rings. The molecule has 0 spiro atoms. The zero-order valence-electron chi connectivity index (χ0n) is 6.87. The number of aliphatic imine (C=N–C) groups is 1. The fourth-order valence-electron chi connectivity index (χ4n) is 3.43. The molecule has 0 amide bonds. The minimum absolute atomic E-state index is 0.905. The van der Waals surface area contributed by atoms with E-state index < -0.39 is 0 Å². The molecule has 3 aliphatic carbocycles. The van der Waals surface area contributed by atoms with Gasteiger partial charge in [0.15, 0.2) is 0 Å². The zero-order chi connectivity index (χ0) is 7.26. The summed E-state index contributed by atoms with van der Waals surface area (Å²) >= 11 is 0. The molecule has 0 saturated heterocycles. The van der Waals surface area contributed by atoms with Gasteiger partial charge in [-0.1, -0.05) is 0 Å². The maximum Gasteiger partial charge on any atom is 0.0422 e. The summed E-state index contributed by atoms with van der Waals surface area (Å²) in [6.45, 7) is 1.16. The highest BCUT2D eigenvalue weighted by Crippen LogP contribution is 2.49. The SMILES string of the molecule is C1=NCC2C3CCC(CC3)C12. The summed E-state index contributed by atoms with van der Waals surface area (Å²) in [5.74, 6) is 3.95. The standard InChI is InChI=1S/C10H15N/c1-2-8-4-3-7(1)9-5-11-6-10(8)9/h5,7-10H,1-4,6H2. The molecule has 60 valence electrons. The van der Waals surface area contributed by atoms with Crippen LogP contribution in [0.3, 0.4) is 0 Å². The van der Waals surface area contributed by atoms with Gasteiger partial charge in [0, 0.05) is 18.7 Å². The summed E-state index contributed by atoms with van der Waals surface area (Å²) < 4.78 is 0. The molecule has 2 bridgehead atoms. The third kappa shape index (κ3) is 0.743. The monoisotopic (exact) mass is 149 g/mol. The van der Waals surface area contributed by atoms with E-state index >= 15 is 0 Å². The number of nitrogens with zero attached hydrogens (tertiary/aromatic N) is 1. The Labute approximate surface area is 67.9 Å². The second kappa shape index (κ2) is 2.09. The van der Waals surface area contributed by atoms with Crippen molar-refractivity contribution >= 4 is 6.21 Å². The van der Waals surface area contributed by atoms with Crippen LogP contribution in [0.4, 0.5) is 0 Å². The fourth-order valence-corrected chi connectivity index (χ4v) is 3.43. The summed E-state index contributed by atoms with van der Waals surface area (Å²) in [6.07, 6.45) is 8.28. The van der Waals surface area contributed by atoms with Crippen LogP contribution in [0.1, 0.15) is 25.7 Å². The van der Waals surface area contributed by atoms with E-state index in [1.807, 2.05) is 0 Å².